The van der Waals surface area contributed by atoms with E-state index < -0.39 is 0 Å². The second kappa shape index (κ2) is 11.7. The van der Waals surface area contributed by atoms with Gasteiger partial charge in [-0.3, -0.25) is 29.9 Å². The molecule has 0 atom stereocenters. The Hall–Kier alpha value is -8.04. The van der Waals surface area contributed by atoms with E-state index in [-0.39, 0.29) is 12.0 Å². The summed E-state index contributed by atoms with van der Waals surface area (Å²) in [6.07, 6.45) is 3.87. The van der Waals surface area contributed by atoms with Crippen molar-refractivity contribution in [1.82, 2.24) is 28.2 Å². The third-order valence-electron chi connectivity index (χ3n) is 11.2. The number of hydrogen-bond acceptors (Lipinski definition) is 5. The van der Waals surface area contributed by atoms with E-state index in [4.69, 9.17) is 14.7 Å². The fourth-order valence-electron chi connectivity index (χ4n) is 8.95. The molecule has 0 aliphatic rings. The summed E-state index contributed by atoms with van der Waals surface area (Å²) in [5.41, 5.74) is 10.3. The molecule has 0 saturated heterocycles. The summed E-state index contributed by atoms with van der Waals surface area (Å²) in [5, 5.41) is 25.4. The second-order valence-electron chi connectivity index (χ2n) is 14.2. The maximum Gasteiger partial charge on any atom is 0.301 e. The lowest BCUT2D eigenvalue weighted by atomic mass is 10.2. The summed E-state index contributed by atoms with van der Waals surface area (Å²) in [5.74, 6) is 0. The molecular formula is C48H30N8O. The molecular weight excluding hydrogens is 705 g/mol. The fraction of sp³-hybridized carbons (Fsp3) is 0. The highest BCUT2D eigenvalue weighted by atomic mass is 16.5. The van der Waals surface area contributed by atoms with Gasteiger partial charge in [0.1, 0.15) is 11.0 Å². The first-order chi connectivity index (χ1) is 28.2. The minimum Gasteiger partial charge on any atom is -0.391 e. The van der Waals surface area contributed by atoms with Gasteiger partial charge in [-0.2, -0.15) is 0 Å². The van der Waals surface area contributed by atoms with Gasteiger partial charge in [-0.1, -0.05) is 109 Å². The number of ether oxygens (including phenoxy) is 1. The quantitative estimate of drug-likeness (QED) is 0.136. The van der Waals surface area contributed by atoms with Gasteiger partial charge in [-0.15, -0.1) is 0 Å². The van der Waals surface area contributed by atoms with E-state index in [2.05, 4.69) is 57.7 Å². The smallest absolute Gasteiger partial charge is 0.301 e. The molecule has 0 radical (unpaired) electrons. The summed E-state index contributed by atoms with van der Waals surface area (Å²) >= 11 is 0. The molecule has 6 aromatic heterocycles. The van der Waals surface area contributed by atoms with Crippen LogP contribution < -0.4 is 0 Å². The van der Waals surface area contributed by atoms with Crippen molar-refractivity contribution in [3.05, 3.63) is 170 Å². The van der Waals surface area contributed by atoms with Gasteiger partial charge in [0.2, 0.25) is 0 Å². The Morgan fingerprint density at radius 2 is 0.719 bits per heavy atom. The first-order valence-corrected chi connectivity index (χ1v) is 18.8. The van der Waals surface area contributed by atoms with E-state index in [1.807, 2.05) is 122 Å². The molecule has 0 unspecified atom stereocenters. The molecule has 0 bridgehead atoms. The van der Waals surface area contributed by atoms with Crippen LogP contribution in [-0.2, 0) is 4.74 Å². The number of fused-ring (bicyclic) bond motifs is 14. The molecule has 0 saturated carbocycles. The van der Waals surface area contributed by atoms with E-state index in [1.54, 1.807) is 9.13 Å². The third kappa shape index (κ3) is 4.27. The highest BCUT2D eigenvalue weighted by Crippen LogP contribution is 2.41. The average molecular weight is 735 g/mol. The van der Waals surface area contributed by atoms with Crippen LogP contribution in [0.3, 0.4) is 0 Å². The predicted molar refractivity (Wildman–Crippen MR) is 230 cm³/mol. The molecule has 6 heterocycles. The lowest BCUT2D eigenvalue weighted by molar-refractivity contribution is 0.492. The van der Waals surface area contributed by atoms with Crippen molar-refractivity contribution in [2.45, 2.75) is 0 Å². The molecule has 0 spiro atoms. The molecule has 268 valence electrons. The molecule has 2 N–H and O–H groups in total. The van der Waals surface area contributed by atoms with Crippen LogP contribution in [0.5, 0.6) is 0 Å². The standard InChI is InChI=1S/C48H30N8O/c49-47(55-39-25-13-9-21-33(39)41-45(55)43-35(27-51-41)31-19-7-11-23-37(31)53(43)29-15-3-1-4-16-29)57-48(50)56-40-26-14-10-22-34(40)42-46(56)44-36(28-52-42)32-20-8-12-24-38(32)54(44)30-17-5-2-6-18-30/h1-28,49-50H. The summed E-state index contributed by atoms with van der Waals surface area (Å²) < 4.78 is 14.6. The van der Waals surface area contributed by atoms with Gasteiger partial charge < -0.3 is 13.9 Å². The zero-order chi connectivity index (χ0) is 37.8. The van der Waals surface area contributed by atoms with E-state index in [0.29, 0.717) is 0 Å². The zero-order valence-electron chi connectivity index (χ0n) is 30.3. The Morgan fingerprint density at radius 1 is 0.368 bits per heavy atom. The maximum atomic E-state index is 9.80. The molecule has 0 aliphatic heterocycles. The van der Waals surface area contributed by atoms with Crippen LogP contribution in [0.25, 0.3) is 98.9 Å². The highest BCUT2D eigenvalue weighted by Gasteiger charge is 2.27. The van der Waals surface area contributed by atoms with Crippen molar-refractivity contribution in [3.8, 4) is 11.4 Å². The largest absolute Gasteiger partial charge is 0.391 e. The van der Waals surface area contributed by atoms with Crippen molar-refractivity contribution in [2.24, 2.45) is 0 Å². The summed E-state index contributed by atoms with van der Waals surface area (Å²) in [7, 11) is 0. The van der Waals surface area contributed by atoms with Crippen molar-refractivity contribution in [1.29, 1.82) is 10.8 Å². The van der Waals surface area contributed by atoms with Crippen LogP contribution in [0.15, 0.2) is 170 Å². The fourth-order valence-corrected chi connectivity index (χ4v) is 8.95. The number of benzene rings is 6. The molecule has 0 amide bonds. The van der Waals surface area contributed by atoms with E-state index in [9.17, 15) is 10.8 Å². The van der Waals surface area contributed by atoms with Gasteiger partial charge in [0.05, 0.1) is 44.1 Å². The highest BCUT2D eigenvalue weighted by molar-refractivity contribution is 6.26. The number of aromatic nitrogens is 6. The van der Waals surface area contributed by atoms with Crippen LogP contribution in [0.2, 0.25) is 0 Å². The van der Waals surface area contributed by atoms with Crippen LogP contribution in [0.1, 0.15) is 0 Å². The second-order valence-corrected chi connectivity index (χ2v) is 14.2. The molecule has 12 aromatic rings. The van der Waals surface area contributed by atoms with Gasteiger partial charge in [0.15, 0.2) is 0 Å². The monoisotopic (exact) mass is 734 g/mol. The molecule has 12 rings (SSSR count). The lowest BCUT2D eigenvalue weighted by Crippen LogP contribution is -2.24. The normalized spacial score (nSPS) is 12.0. The Balaban J connectivity index is 1.13. The lowest BCUT2D eigenvalue weighted by Gasteiger charge is -2.15. The molecule has 57 heavy (non-hydrogen) atoms. The topological polar surface area (TPSA) is 102 Å². The third-order valence-corrected chi connectivity index (χ3v) is 11.2. The molecule has 9 heteroatoms. The molecule has 0 aliphatic carbocycles. The van der Waals surface area contributed by atoms with Crippen molar-refractivity contribution in [2.75, 3.05) is 0 Å². The summed E-state index contributed by atoms with van der Waals surface area (Å²) in [4.78, 5) is 10.1. The number of pyridine rings is 2. The van der Waals surface area contributed by atoms with Crippen molar-refractivity contribution >= 4 is 99.5 Å². The van der Waals surface area contributed by atoms with E-state index in [1.165, 1.54) is 0 Å². The number of hydrogen-bond donors (Lipinski definition) is 2. The Bertz CT molecular complexity index is 3400. The first kappa shape index (κ1) is 31.3. The van der Waals surface area contributed by atoms with Gasteiger partial charge in [0.25, 0.3) is 0 Å². The van der Waals surface area contributed by atoms with Crippen LogP contribution in [0, 0.1) is 10.8 Å². The zero-order valence-corrected chi connectivity index (χ0v) is 30.3. The minimum atomic E-state index is -0.222. The Kier molecular flexibility index (Phi) is 6.45. The molecule has 6 aromatic carbocycles. The van der Waals surface area contributed by atoms with Crippen molar-refractivity contribution in [3.63, 3.8) is 0 Å². The number of rotatable bonds is 2. The number of nitrogens with one attached hydrogen (secondary N) is 2. The molecule has 0 fully saturated rings. The average Bonchev–Trinajstić information content (AvgIpc) is 3.99. The van der Waals surface area contributed by atoms with Gasteiger partial charge in [-0.05, 0) is 48.5 Å². The summed E-state index contributed by atoms with van der Waals surface area (Å²) in [6.45, 7) is 0. The van der Waals surface area contributed by atoms with Gasteiger partial charge in [-0.25, -0.2) is 0 Å². The van der Waals surface area contributed by atoms with E-state index >= 15 is 0 Å². The number of para-hydroxylation sites is 6. The van der Waals surface area contributed by atoms with Gasteiger partial charge in [0, 0.05) is 56.1 Å². The van der Waals surface area contributed by atoms with Crippen molar-refractivity contribution < 1.29 is 4.74 Å². The van der Waals surface area contributed by atoms with Gasteiger partial charge >= 0.3 is 12.0 Å². The Morgan fingerprint density at radius 3 is 1.14 bits per heavy atom. The van der Waals surface area contributed by atoms with Crippen LogP contribution in [0.4, 0.5) is 0 Å². The summed E-state index contributed by atoms with van der Waals surface area (Å²) in [6, 6.07) is 52.6. The van der Waals surface area contributed by atoms with Crippen LogP contribution in [-0.4, -0.2) is 40.3 Å². The van der Waals surface area contributed by atoms with Crippen LogP contribution >= 0.6 is 0 Å². The minimum absolute atomic E-state index is 0.222. The number of nitrogens with zero attached hydrogens (tertiary/aromatic N) is 6. The Labute approximate surface area is 323 Å². The SMILES string of the molecule is N=C(OC(=N)n1c2ccccc2c2ncc3c4ccccc4n(-c4ccccc4)c3c21)n1c2ccccc2c2ncc3c4ccccc4n(-c4ccccc4)c3c21. The first-order valence-electron chi connectivity index (χ1n) is 18.8. The van der Waals surface area contributed by atoms with E-state index in [0.717, 1.165) is 98.9 Å². The maximum absolute atomic E-state index is 9.80. The molecule has 9 nitrogen and oxygen atoms in total. The predicted octanol–water partition coefficient (Wildman–Crippen LogP) is 11.2.